The molecule has 2 aromatic rings. The Balaban J connectivity index is 2.17. The fourth-order valence-corrected chi connectivity index (χ4v) is 3.26. The van der Waals surface area contributed by atoms with Crippen LogP contribution in [0.4, 0.5) is 0 Å². The summed E-state index contributed by atoms with van der Waals surface area (Å²) in [6, 6.07) is 14.3. The molecule has 0 amide bonds. The van der Waals surface area contributed by atoms with Gasteiger partial charge in [-0.15, -0.1) is 11.3 Å². The van der Waals surface area contributed by atoms with E-state index in [0.29, 0.717) is 0 Å². The Labute approximate surface area is 129 Å². The molecule has 2 unspecified atom stereocenters. The lowest BCUT2D eigenvalue weighted by Crippen LogP contribution is -2.27. The lowest BCUT2D eigenvalue weighted by molar-refractivity contribution is -0.137. The fourth-order valence-electron chi connectivity index (χ4n) is 2.47. The fraction of sp³-hybridized carbons (Fsp3) is 0.353. The molecule has 3 nitrogen and oxygen atoms in total. The molecule has 1 aromatic heterocycles. The van der Waals surface area contributed by atoms with Gasteiger partial charge in [-0.2, -0.15) is 0 Å². The van der Waals surface area contributed by atoms with Gasteiger partial charge in [0.1, 0.15) is 0 Å². The highest BCUT2D eigenvalue weighted by Crippen LogP contribution is 2.28. The van der Waals surface area contributed by atoms with Crippen molar-refractivity contribution in [2.24, 2.45) is 0 Å². The normalized spacial score (nSPS) is 13.8. The molecule has 0 spiro atoms. The predicted molar refractivity (Wildman–Crippen MR) is 86.5 cm³/mol. The molecule has 112 valence electrons. The third-order valence-corrected chi connectivity index (χ3v) is 4.43. The van der Waals surface area contributed by atoms with Gasteiger partial charge in [0, 0.05) is 10.9 Å². The monoisotopic (exact) mass is 303 g/mol. The van der Waals surface area contributed by atoms with Crippen molar-refractivity contribution in [2.75, 3.05) is 0 Å². The quantitative estimate of drug-likeness (QED) is 0.760. The number of aliphatic carboxylic acids is 1. The summed E-state index contributed by atoms with van der Waals surface area (Å²) < 4.78 is 0. The third kappa shape index (κ3) is 4.69. The lowest BCUT2D eigenvalue weighted by atomic mass is 10.00. The molecule has 0 radical (unpaired) electrons. The summed E-state index contributed by atoms with van der Waals surface area (Å²) in [6.45, 7) is 2.15. The Morgan fingerprint density at radius 1 is 1.19 bits per heavy atom. The van der Waals surface area contributed by atoms with Crippen molar-refractivity contribution in [3.8, 4) is 0 Å². The Hall–Kier alpha value is -1.65. The van der Waals surface area contributed by atoms with Gasteiger partial charge in [0.15, 0.2) is 0 Å². The molecule has 4 heteroatoms. The van der Waals surface area contributed by atoms with Crippen LogP contribution in [0, 0.1) is 0 Å². The highest BCUT2D eigenvalue weighted by Gasteiger charge is 2.21. The molecule has 0 fully saturated rings. The minimum atomic E-state index is -0.774. The number of rotatable bonds is 8. The number of carboxylic acids is 1. The van der Waals surface area contributed by atoms with Gasteiger partial charge < -0.3 is 10.4 Å². The van der Waals surface area contributed by atoms with Crippen molar-refractivity contribution in [3.63, 3.8) is 0 Å². The molecule has 0 bridgehead atoms. The van der Waals surface area contributed by atoms with Crippen molar-refractivity contribution in [2.45, 2.75) is 38.3 Å². The van der Waals surface area contributed by atoms with E-state index in [1.165, 1.54) is 5.56 Å². The van der Waals surface area contributed by atoms with Crippen LogP contribution >= 0.6 is 11.3 Å². The zero-order valence-corrected chi connectivity index (χ0v) is 13.0. The highest BCUT2D eigenvalue weighted by atomic mass is 32.1. The highest BCUT2D eigenvalue weighted by molar-refractivity contribution is 7.10. The number of carboxylic acid groups (broad SMARTS) is 1. The molecule has 0 saturated carbocycles. The first kappa shape index (κ1) is 15.7. The minimum Gasteiger partial charge on any atom is -0.481 e. The van der Waals surface area contributed by atoms with Crippen molar-refractivity contribution >= 4 is 17.3 Å². The second-order valence-corrected chi connectivity index (χ2v) is 6.06. The average molecular weight is 303 g/mol. The first-order chi connectivity index (χ1) is 10.2. The number of thiophene rings is 1. The van der Waals surface area contributed by atoms with Crippen LogP contribution in [0.1, 0.15) is 48.7 Å². The van der Waals surface area contributed by atoms with Crippen molar-refractivity contribution < 1.29 is 9.90 Å². The molecule has 2 N–H and O–H groups in total. The van der Waals surface area contributed by atoms with Crippen LogP contribution in [0.25, 0.3) is 0 Å². The van der Waals surface area contributed by atoms with E-state index in [2.05, 4.69) is 24.4 Å². The molecule has 0 saturated heterocycles. The van der Waals surface area contributed by atoms with Crippen LogP contribution in [0.15, 0.2) is 47.8 Å². The molecule has 0 aliphatic rings. The maximum Gasteiger partial charge on any atom is 0.305 e. The van der Waals surface area contributed by atoms with Gasteiger partial charge in [0.05, 0.1) is 12.5 Å². The summed E-state index contributed by atoms with van der Waals surface area (Å²) in [6.07, 6.45) is 2.15. The Kier molecular flexibility index (Phi) is 5.96. The second-order valence-electron chi connectivity index (χ2n) is 5.08. The summed E-state index contributed by atoms with van der Waals surface area (Å²) in [4.78, 5) is 12.2. The lowest BCUT2D eigenvalue weighted by Gasteiger charge is -2.24. The number of hydrogen-bond acceptors (Lipinski definition) is 3. The van der Waals surface area contributed by atoms with Gasteiger partial charge >= 0.3 is 5.97 Å². The molecule has 2 rings (SSSR count). The third-order valence-electron chi connectivity index (χ3n) is 3.45. The van der Waals surface area contributed by atoms with Crippen molar-refractivity contribution in [3.05, 3.63) is 58.3 Å². The molecule has 0 aliphatic carbocycles. The van der Waals surface area contributed by atoms with Crippen LogP contribution < -0.4 is 5.32 Å². The maximum absolute atomic E-state index is 11.1. The van der Waals surface area contributed by atoms with Crippen LogP contribution in [0.5, 0.6) is 0 Å². The number of nitrogens with one attached hydrogen (secondary N) is 1. The Morgan fingerprint density at radius 2 is 1.95 bits per heavy atom. The molecular weight excluding hydrogens is 282 g/mol. The van der Waals surface area contributed by atoms with Crippen molar-refractivity contribution in [1.29, 1.82) is 0 Å². The number of benzene rings is 1. The largest absolute Gasteiger partial charge is 0.481 e. The van der Waals surface area contributed by atoms with E-state index in [1.54, 1.807) is 11.3 Å². The Morgan fingerprint density at radius 3 is 2.52 bits per heavy atom. The molecule has 21 heavy (non-hydrogen) atoms. The Bertz CT molecular complexity index is 539. The predicted octanol–water partition coefficient (Wildman–Crippen LogP) is 4.39. The van der Waals surface area contributed by atoms with Gasteiger partial charge in [-0.3, -0.25) is 4.79 Å². The maximum atomic E-state index is 11.1. The van der Waals surface area contributed by atoms with Crippen molar-refractivity contribution in [1.82, 2.24) is 5.32 Å². The second kappa shape index (κ2) is 7.96. The molecule has 0 aliphatic heterocycles. The first-order valence-electron chi connectivity index (χ1n) is 7.27. The summed E-state index contributed by atoms with van der Waals surface area (Å²) >= 11 is 1.60. The van der Waals surface area contributed by atoms with E-state index in [4.69, 9.17) is 5.11 Å². The molecule has 1 aromatic carbocycles. The van der Waals surface area contributed by atoms with E-state index < -0.39 is 5.97 Å². The summed E-state index contributed by atoms with van der Waals surface area (Å²) in [5.74, 6) is -0.774. The number of hydrogen-bond donors (Lipinski definition) is 2. The minimum absolute atomic E-state index is 0.105. The summed E-state index contributed by atoms with van der Waals surface area (Å²) in [5.41, 5.74) is 1.21. The van der Waals surface area contributed by atoms with Crippen LogP contribution in [-0.4, -0.2) is 11.1 Å². The average Bonchev–Trinajstić information content (AvgIpc) is 3.00. The molecule has 2 atom stereocenters. The SMILES string of the molecule is CCCC(NC(CC(=O)O)c1cccs1)c1ccccc1. The van der Waals surface area contributed by atoms with E-state index in [-0.39, 0.29) is 18.5 Å². The zero-order chi connectivity index (χ0) is 15.1. The van der Waals surface area contributed by atoms with E-state index in [0.717, 1.165) is 17.7 Å². The summed E-state index contributed by atoms with van der Waals surface area (Å²) in [7, 11) is 0. The van der Waals surface area contributed by atoms with Gasteiger partial charge in [-0.1, -0.05) is 49.7 Å². The van der Waals surface area contributed by atoms with Gasteiger partial charge in [0.25, 0.3) is 0 Å². The van der Waals surface area contributed by atoms with Crippen LogP contribution in [-0.2, 0) is 4.79 Å². The standard InChI is InChI=1S/C17H21NO2S/c1-2-7-14(13-8-4-3-5-9-13)18-15(12-17(19)20)16-10-6-11-21-16/h3-6,8-11,14-15,18H,2,7,12H2,1H3,(H,19,20). The van der Waals surface area contributed by atoms with Gasteiger partial charge in [-0.05, 0) is 23.4 Å². The summed E-state index contributed by atoms with van der Waals surface area (Å²) in [5, 5.41) is 14.7. The van der Waals surface area contributed by atoms with E-state index in [1.807, 2.05) is 35.7 Å². The smallest absolute Gasteiger partial charge is 0.305 e. The first-order valence-corrected chi connectivity index (χ1v) is 8.15. The van der Waals surface area contributed by atoms with Crippen LogP contribution in [0.2, 0.25) is 0 Å². The topological polar surface area (TPSA) is 49.3 Å². The molecule has 1 heterocycles. The van der Waals surface area contributed by atoms with E-state index in [9.17, 15) is 4.79 Å². The van der Waals surface area contributed by atoms with Crippen LogP contribution in [0.3, 0.4) is 0 Å². The zero-order valence-electron chi connectivity index (χ0n) is 12.2. The van der Waals surface area contributed by atoms with Gasteiger partial charge in [-0.25, -0.2) is 0 Å². The number of carbonyl (C=O) groups is 1. The van der Waals surface area contributed by atoms with E-state index >= 15 is 0 Å². The molecular formula is C17H21NO2S. The van der Waals surface area contributed by atoms with Gasteiger partial charge in [0.2, 0.25) is 0 Å².